The predicted molar refractivity (Wildman–Crippen MR) is 137 cm³/mol. The number of pyridine rings is 1. The lowest BCUT2D eigenvalue weighted by molar-refractivity contribution is -0.125. The third kappa shape index (κ3) is 5.32. The summed E-state index contributed by atoms with van der Waals surface area (Å²) < 4.78 is 6.07. The van der Waals surface area contributed by atoms with Gasteiger partial charge in [0.05, 0.1) is 12.1 Å². The average molecular weight is 483 g/mol. The second kappa shape index (κ2) is 10.4. The molecule has 4 rings (SSSR count). The van der Waals surface area contributed by atoms with Crippen molar-refractivity contribution in [2.24, 2.45) is 0 Å². The Morgan fingerprint density at radius 1 is 1.29 bits per heavy atom. The highest BCUT2D eigenvalue weighted by atomic mass is 35.5. The van der Waals surface area contributed by atoms with E-state index in [1.54, 1.807) is 24.2 Å². The molecule has 3 heterocycles. The largest absolute Gasteiger partial charge is 0.459 e. The monoisotopic (exact) mass is 482 g/mol. The smallest absolute Gasteiger partial charge is 0.246 e. The molecule has 0 saturated heterocycles. The number of amides is 2. The molecule has 1 aromatic carbocycles. The molecular formula is C26H31ClN4O3. The van der Waals surface area contributed by atoms with Crippen LogP contribution in [0.4, 0.5) is 5.82 Å². The Balaban J connectivity index is 0.00000324. The molecule has 0 bridgehead atoms. The Bertz CT molecular complexity index is 1230. The van der Waals surface area contributed by atoms with Gasteiger partial charge >= 0.3 is 0 Å². The van der Waals surface area contributed by atoms with Crippen LogP contribution in [0, 0.1) is 0 Å². The number of para-hydroxylation sites is 1. The van der Waals surface area contributed by atoms with E-state index in [-0.39, 0.29) is 24.2 Å². The number of hydrogen-bond donors (Lipinski definition) is 2. The maximum Gasteiger partial charge on any atom is 0.246 e. The zero-order valence-electron chi connectivity index (χ0n) is 20.0. The van der Waals surface area contributed by atoms with Crippen molar-refractivity contribution in [3.05, 3.63) is 65.1 Å². The van der Waals surface area contributed by atoms with Gasteiger partial charge < -0.3 is 14.6 Å². The van der Waals surface area contributed by atoms with Crippen molar-refractivity contribution in [1.29, 1.82) is 0 Å². The molecule has 0 fully saturated rings. The maximum atomic E-state index is 12.8. The quantitative estimate of drug-likeness (QED) is 0.497. The molecule has 0 radical (unpaired) electrons. The first-order chi connectivity index (χ1) is 15.8. The van der Waals surface area contributed by atoms with Gasteiger partial charge in [0.25, 0.3) is 0 Å². The fourth-order valence-corrected chi connectivity index (χ4v) is 3.92. The fourth-order valence-electron chi connectivity index (χ4n) is 3.92. The molecule has 1 aliphatic heterocycles. The number of likely N-dealkylation sites (N-methyl/N-ethyl adjacent to an activating group) is 1. The molecule has 180 valence electrons. The van der Waals surface area contributed by atoms with Crippen molar-refractivity contribution in [3.63, 3.8) is 0 Å². The van der Waals surface area contributed by atoms with E-state index < -0.39 is 5.54 Å². The SMILES string of the molecule is CCCc1c(CN(C)C(=O)C=Cc2cnc3c(c2)CNC(C)(C)C(=O)N3)oc2ccccc12.Cl. The number of hydrogen-bond acceptors (Lipinski definition) is 5. The number of aromatic nitrogens is 1. The van der Waals surface area contributed by atoms with Crippen molar-refractivity contribution >= 4 is 47.1 Å². The number of rotatable bonds is 6. The van der Waals surface area contributed by atoms with Crippen LogP contribution in [-0.4, -0.2) is 34.3 Å². The van der Waals surface area contributed by atoms with Crippen LogP contribution >= 0.6 is 12.4 Å². The molecule has 8 heteroatoms. The highest BCUT2D eigenvalue weighted by molar-refractivity contribution is 5.98. The number of halogens is 1. The second-order valence-corrected chi connectivity index (χ2v) is 8.99. The van der Waals surface area contributed by atoms with Crippen LogP contribution in [0.15, 0.2) is 47.0 Å². The summed E-state index contributed by atoms with van der Waals surface area (Å²) in [7, 11) is 1.77. The molecule has 3 aromatic rings. The van der Waals surface area contributed by atoms with E-state index >= 15 is 0 Å². The predicted octanol–water partition coefficient (Wildman–Crippen LogP) is 4.69. The minimum Gasteiger partial charge on any atom is -0.459 e. The van der Waals surface area contributed by atoms with Gasteiger partial charge in [-0.15, -0.1) is 12.4 Å². The van der Waals surface area contributed by atoms with Crippen LogP contribution in [0.5, 0.6) is 0 Å². The van der Waals surface area contributed by atoms with E-state index in [0.29, 0.717) is 18.9 Å². The summed E-state index contributed by atoms with van der Waals surface area (Å²) in [4.78, 5) is 31.1. The van der Waals surface area contributed by atoms with Crippen molar-refractivity contribution in [2.75, 3.05) is 12.4 Å². The van der Waals surface area contributed by atoms with Gasteiger partial charge in [-0.05, 0) is 44.0 Å². The van der Waals surface area contributed by atoms with Crippen LogP contribution in [0.2, 0.25) is 0 Å². The molecule has 2 N–H and O–H groups in total. The van der Waals surface area contributed by atoms with Gasteiger partial charge in [-0.3, -0.25) is 14.9 Å². The summed E-state index contributed by atoms with van der Waals surface area (Å²) in [5.74, 6) is 1.13. The number of carbonyl (C=O) groups is 2. The highest BCUT2D eigenvalue weighted by Crippen LogP contribution is 2.28. The van der Waals surface area contributed by atoms with E-state index in [4.69, 9.17) is 4.42 Å². The zero-order valence-corrected chi connectivity index (χ0v) is 20.8. The first-order valence-corrected chi connectivity index (χ1v) is 11.3. The first-order valence-electron chi connectivity index (χ1n) is 11.3. The number of aryl methyl sites for hydroxylation is 1. The van der Waals surface area contributed by atoms with Crippen molar-refractivity contribution < 1.29 is 14.0 Å². The van der Waals surface area contributed by atoms with Gasteiger partial charge in [-0.1, -0.05) is 31.5 Å². The number of anilines is 1. The standard InChI is InChI=1S/C26H30N4O3.ClH/c1-5-8-19-20-9-6-7-10-21(20)33-22(19)16-30(4)23(31)12-11-17-13-18-15-28-26(2,3)25(32)29-24(18)27-14-17;/h6-7,9-14,28H,5,8,15-16H2,1-4H3,(H,27,29,32);1H. The van der Waals surface area contributed by atoms with Crippen molar-refractivity contribution in [2.45, 2.75) is 52.2 Å². The lowest BCUT2D eigenvalue weighted by Gasteiger charge is -2.21. The van der Waals surface area contributed by atoms with E-state index in [9.17, 15) is 9.59 Å². The van der Waals surface area contributed by atoms with E-state index in [1.807, 2.05) is 38.1 Å². The van der Waals surface area contributed by atoms with Crippen LogP contribution in [0.25, 0.3) is 17.0 Å². The number of nitrogens with one attached hydrogen (secondary N) is 2. The van der Waals surface area contributed by atoms with Gasteiger partial charge in [0.2, 0.25) is 11.8 Å². The summed E-state index contributed by atoms with van der Waals surface area (Å²) in [6, 6.07) is 9.93. The van der Waals surface area contributed by atoms with Gasteiger partial charge in [-0.25, -0.2) is 4.98 Å². The van der Waals surface area contributed by atoms with Crippen LogP contribution in [-0.2, 0) is 29.1 Å². The van der Waals surface area contributed by atoms with E-state index in [2.05, 4.69) is 28.6 Å². The molecule has 0 saturated carbocycles. The van der Waals surface area contributed by atoms with Crippen molar-refractivity contribution in [3.8, 4) is 0 Å². The fraction of sp³-hybridized carbons (Fsp3) is 0.346. The third-order valence-corrected chi connectivity index (χ3v) is 5.97. The second-order valence-electron chi connectivity index (χ2n) is 8.99. The topological polar surface area (TPSA) is 87.5 Å². The van der Waals surface area contributed by atoms with Gasteiger partial charge in [0.15, 0.2) is 0 Å². The Hall–Kier alpha value is -3.16. The average Bonchev–Trinajstić information content (AvgIpc) is 3.08. The Morgan fingerprint density at radius 3 is 2.82 bits per heavy atom. The number of furan rings is 1. The third-order valence-electron chi connectivity index (χ3n) is 5.97. The van der Waals surface area contributed by atoms with E-state index in [1.165, 1.54) is 11.6 Å². The molecular weight excluding hydrogens is 452 g/mol. The highest BCUT2D eigenvalue weighted by Gasteiger charge is 2.30. The molecule has 34 heavy (non-hydrogen) atoms. The lowest BCUT2D eigenvalue weighted by Crippen LogP contribution is -2.47. The van der Waals surface area contributed by atoms with Crippen molar-refractivity contribution in [1.82, 2.24) is 15.2 Å². The molecule has 1 aliphatic rings. The number of nitrogens with zero attached hydrogens (tertiary/aromatic N) is 2. The summed E-state index contributed by atoms with van der Waals surface area (Å²) in [5.41, 5.74) is 3.02. The van der Waals surface area contributed by atoms with E-state index in [0.717, 1.165) is 40.7 Å². The molecule has 0 unspecified atom stereocenters. The Morgan fingerprint density at radius 2 is 2.06 bits per heavy atom. The number of carbonyl (C=O) groups excluding carboxylic acids is 2. The summed E-state index contributed by atoms with van der Waals surface area (Å²) in [6.45, 7) is 6.71. The Labute approximate surface area is 206 Å². The summed E-state index contributed by atoms with van der Waals surface area (Å²) in [5, 5.41) is 7.20. The van der Waals surface area contributed by atoms with Crippen LogP contribution < -0.4 is 10.6 Å². The summed E-state index contributed by atoms with van der Waals surface area (Å²) >= 11 is 0. The summed E-state index contributed by atoms with van der Waals surface area (Å²) in [6.07, 6.45) is 6.85. The number of fused-ring (bicyclic) bond motifs is 2. The molecule has 2 aromatic heterocycles. The molecule has 0 spiro atoms. The zero-order chi connectivity index (χ0) is 23.6. The van der Waals surface area contributed by atoms with Gasteiger partial charge in [-0.2, -0.15) is 0 Å². The van der Waals surface area contributed by atoms with Gasteiger partial charge in [0.1, 0.15) is 17.2 Å². The molecule has 0 atom stereocenters. The molecule has 7 nitrogen and oxygen atoms in total. The minimum absolute atomic E-state index is 0. The molecule has 2 amide bonds. The molecule has 0 aliphatic carbocycles. The van der Waals surface area contributed by atoms with Gasteiger partial charge in [0, 0.05) is 42.4 Å². The van der Waals surface area contributed by atoms with Crippen LogP contribution in [0.1, 0.15) is 49.6 Å². The number of benzene rings is 1. The Kier molecular flexibility index (Phi) is 7.79. The lowest BCUT2D eigenvalue weighted by atomic mass is 10.1. The maximum absolute atomic E-state index is 12.8. The first kappa shape index (κ1) is 25.5. The van der Waals surface area contributed by atoms with Crippen LogP contribution in [0.3, 0.4) is 0 Å². The normalized spacial score (nSPS) is 14.9. The minimum atomic E-state index is -0.678.